The zero-order valence-corrected chi connectivity index (χ0v) is 14.0. The molecule has 6 nitrogen and oxygen atoms in total. The number of rotatable bonds is 4. The Morgan fingerprint density at radius 1 is 1.46 bits per heavy atom. The van der Waals surface area contributed by atoms with E-state index in [9.17, 15) is 9.90 Å². The van der Waals surface area contributed by atoms with Crippen LogP contribution in [0.2, 0.25) is 5.02 Å². The van der Waals surface area contributed by atoms with E-state index in [1.165, 1.54) is 0 Å². The van der Waals surface area contributed by atoms with Crippen molar-refractivity contribution in [3.05, 3.63) is 40.6 Å². The minimum absolute atomic E-state index is 0.218. The Labute approximate surface area is 144 Å². The average Bonchev–Trinajstić information content (AvgIpc) is 3.26. The number of hydrogen-bond donors (Lipinski definition) is 2. The highest BCUT2D eigenvalue weighted by molar-refractivity contribution is 6.30. The van der Waals surface area contributed by atoms with Crippen LogP contribution in [0.5, 0.6) is 0 Å². The van der Waals surface area contributed by atoms with E-state index < -0.39 is 6.10 Å². The van der Waals surface area contributed by atoms with Crippen LogP contribution in [0.25, 0.3) is 0 Å². The van der Waals surface area contributed by atoms with Gasteiger partial charge in [-0.25, -0.2) is 0 Å². The Morgan fingerprint density at radius 2 is 2.33 bits per heavy atom. The third kappa shape index (κ3) is 2.96. The summed E-state index contributed by atoms with van der Waals surface area (Å²) in [4.78, 5) is 12.5. The number of nitrogens with one attached hydrogen (secondary N) is 1. The van der Waals surface area contributed by atoms with Crippen LogP contribution < -0.4 is 5.32 Å². The normalized spacial score (nSPS) is 25.8. The summed E-state index contributed by atoms with van der Waals surface area (Å²) in [6.45, 7) is 0.687. The van der Waals surface area contributed by atoms with Crippen molar-refractivity contribution in [3.63, 3.8) is 0 Å². The maximum absolute atomic E-state index is 12.5. The summed E-state index contributed by atoms with van der Waals surface area (Å²) < 4.78 is 7.23. The second-order valence-electron chi connectivity index (χ2n) is 6.79. The van der Waals surface area contributed by atoms with Crippen molar-refractivity contribution in [2.75, 3.05) is 0 Å². The van der Waals surface area contributed by atoms with E-state index in [1.54, 1.807) is 23.3 Å². The molecule has 0 radical (unpaired) electrons. The van der Waals surface area contributed by atoms with E-state index in [2.05, 4.69) is 10.4 Å². The highest BCUT2D eigenvalue weighted by atomic mass is 35.5. The van der Waals surface area contributed by atoms with Crippen molar-refractivity contribution < 1.29 is 14.3 Å². The highest BCUT2D eigenvalue weighted by Gasteiger charge is 2.35. The Bertz CT molecular complexity index is 754. The van der Waals surface area contributed by atoms with Crippen LogP contribution >= 0.6 is 11.6 Å². The van der Waals surface area contributed by atoms with Crippen molar-refractivity contribution in [3.8, 4) is 0 Å². The van der Waals surface area contributed by atoms with Gasteiger partial charge in [0, 0.05) is 18.3 Å². The lowest BCUT2D eigenvalue weighted by molar-refractivity contribution is 0.0844. The van der Waals surface area contributed by atoms with Crippen molar-refractivity contribution in [1.29, 1.82) is 0 Å². The van der Waals surface area contributed by atoms with E-state index >= 15 is 0 Å². The van der Waals surface area contributed by atoms with Gasteiger partial charge in [0.2, 0.25) is 0 Å². The van der Waals surface area contributed by atoms with Gasteiger partial charge in [0.05, 0.1) is 29.6 Å². The van der Waals surface area contributed by atoms with E-state index in [4.69, 9.17) is 16.0 Å². The third-order valence-corrected chi connectivity index (χ3v) is 5.25. The largest absolute Gasteiger partial charge is 0.459 e. The number of fused-ring (bicyclic) bond motifs is 1. The molecule has 0 aliphatic heterocycles. The van der Waals surface area contributed by atoms with Gasteiger partial charge in [-0.3, -0.25) is 9.48 Å². The fourth-order valence-electron chi connectivity index (χ4n) is 3.91. The molecular weight excluding hydrogens is 330 g/mol. The maximum Gasteiger partial charge on any atom is 0.287 e. The molecule has 0 bridgehead atoms. The van der Waals surface area contributed by atoms with Gasteiger partial charge in [0.1, 0.15) is 0 Å². The molecule has 1 amide bonds. The molecule has 1 saturated carbocycles. The van der Waals surface area contributed by atoms with Crippen LogP contribution in [0, 0.1) is 5.92 Å². The van der Waals surface area contributed by atoms with Gasteiger partial charge >= 0.3 is 0 Å². The van der Waals surface area contributed by atoms with Gasteiger partial charge in [0.15, 0.2) is 5.76 Å². The summed E-state index contributed by atoms with van der Waals surface area (Å²) in [6, 6.07) is -0.254. The first kappa shape index (κ1) is 15.7. The Kier molecular flexibility index (Phi) is 4.10. The van der Waals surface area contributed by atoms with Crippen molar-refractivity contribution in [2.24, 2.45) is 5.92 Å². The number of aliphatic hydroxyl groups is 1. The Morgan fingerprint density at radius 3 is 3.12 bits per heavy atom. The molecule has 2 aliphatic rings. The average molecular weight is 350 g/mol. The lowest BCUT2D eigenvalue weighted by atomic mass is 10.1. The number of amides is 1. The lowest BCUT2D eigenvalue weighted by Crippen LogP contribution is -2.40. The van der Waals surface area contributed by atoms with Crippen LogP contribution in [-0.4, -0.2) is 32.9 Å². The van der Waals surface area contributed by atoms with Gasteiger partial charge < -0.3 is 14.8 Å². The minimum Gasteiger partial charge on any atom is -0.459 e. The molecule has 1 fully saturated rings. The molecule has 1 unspecified atom stereocenters. The molecule has 3 atom stereocenters. The van der Waals surface area contributed by atoms with E-state index in [0.717, 1.165) is 30.4 Å². The number of carbonyl (C=O) groups excluding carboxylic acids is 1. The van der Waals surface area contributed by atoms with E-state index in [0.29, 0.717) is 30.2 Å². The third-order valence-electron chi connectivity index (χ3n) is 5.05. The molecule has 2 N–H and O–H groups in total. The second-order valence-corrected chi connectivity index (χ2v) is 7.22. The summed E-state index contributed by atoms with van der Waals surface area (Å²) in [5.74, 6) is 0.450. The van der Waals surface area contributed by atoms with E-state index in [-0.39, 0.29) is 17.9 Å². The van der Waals surface area contributed by atoms with Crippen molar-refractivity contribution in [2.45, 2.75) is 50.8 Å². The summed E-state index contributed by atoms with van der Waals surface area (Å²) >= 11 is 5.88. The topological polar surface area (TPSA) is 80.3 Å². The molecule has 2 aromatic heterocycles. The molecule has 0 saturated heterocycles. The summed E-state index contributed by atoms with van der Waals surface area (Å²) in [5.41, 5.74) is 2.17. The van der Waals surface area contributed by atoms with Gasteiger partial charge in [-0.2, -0.15) is 5.10 Å². The molecule has 0 aromatic carbocycles. The second kappa shape index (κ2) is 6.26. The van der Waals surface area contributed by atoms with Crippen LogP contribution in [0.1, 0.15) is 40.9 Å². The maximum atomic E-state index is 12.5. The monoisotopic (exact) mass is 349 g/mol. The first-order valence-electron chi connectivity index (χ1n) is 8.36. The first-order chi connectivity index (χ1) is 11.6. The zero-order chi connectivity index (χ0) is 16.7. The van der Waals surface area contributed by atoms with Crippen LogP contribution in [0.15, 0.2) is 23.1 Å². The molecule has 2 heterocycles. The number of halogens is 1. The Balaban J connectivity index is 1.38. The number of aryl methyl sites for hydroxylation is 1. The zero-order valence-electron chi connectivity index (χ0n) is 13.2. The summed E-state index contributed by atoms with van der Waals surface area (Å²) in [5, 5.41) is 18.0. The van der Waals surface area contributed by atoms with Crippen LogP contribution in [0.3, 0.4) is 0 Å². The van der Waals surface area contributed by atoms with Crippen molar-refractivity contribution in [1.82, 2.24) is 15.1 Å². The molecular formula is C17H20ClN3O3. The Hall–Kier alpha value is -1.79. The molecule has 24 heavy (non-hydrogen) atoms. The molecule has 7 heteroatoms. The molecule has 2 aromatic rings. The highest BCUT2D eigenvalue weighted by Crippen LogP contribution is 2.30. The lowest BCUT2D eigenvalue weighted by Gasteiger charge is -2.16. The predicted molar refractivity (Wildman–Crippen MR) is 88.0 cm³/mol. The number of aliphatic hydroxyl groups excluding tert-OH is 1. The number of carbonyl (C=O) groups is 1. The van der Waals surface area contributed by atoms with Gasteiger partial charge in [-0.1, -0.05) is 11.6 Å². The molecule has 0 spiro atoms. The number of furan rings is 1. The van der Waals surface area contributed by atoms with Crippen LogP contribution in [0.4, 0.5) is 0 Å². The van der Waals surface area contributed by atoms with Gasteiger partial charge in [0.25, 0.3) is 5.91 Å². The minimum atomic E-state index is -0.548. The number of hydrogen-bond acceptors (Lipinski definition) is 4. The summed E-state index contributed by atoms with van der Waals surface area (Å²) in [6.07, 6.45) is 8.81. The van der Waals surface area contributed by atoms with Crippen molar-refractivity contribution >= 4 is 17.5 Å². The number of aromatic nitrogens is 2. The van der Waals surface area contributed by atoms with Gasteiger partial charge in [-0.15, -0.1) is 0 Å². The standard InChI is InChI=1S/C17H20ClN3O3/c18-12-6-19-21(8-12)7-10-4-14(15(22)5-10)20-17(23)16-13-3-1-2-11(13)9-24-16/h6,8-10,14-15,22H,1-5,7H2,(H,20,23)/t10?,14-,15-/m1/s1. The molecule has 2 aliphatic carbocycles. The predicted octanol–water partition coefficient (Wildman–Crippen LogP) is 2.19. The quantitative estimate of drug-likeness (QED) is 0.886. The molecule has 128 valence electrons. The first-order valence-corrected chi connectivity index (χ1v) is 8.74. The summed E-state index contributed by atoms with van der Waals surface area (Å²) in [7, 11) is 0. The van der Waals surface area contributed by atoms with Gasteiger partial charge in [-0.05, 0) is 43.6 Å². The van der Waals surface area contributed by atoms with Crippen LogP contribution in [-0.2, 0) is 19.4 Å². The fourth-order valence-corrected chi connectivity index (χ4v) is 4.06. The van der Waals surface area contributed by atoms with E-state index in [1.807, 2.05) is 0 Å². The SMILES string of the molecule is O=C(N[C@@H]1CC(Cn2cc(Cl)cn2)C[C@H]1O)c1occ2c1CCC2. The smallest absolute Gasteiger partial charge is 0.287 e. The fraction of sp³-hybridized carbons (Fsp3) is 0.529. The molecule has 4 rings (SSSR count). The number of nitrogens with zero attached hydrogens (tertiary/aromatic N) is 2.